The molecule has 106 valence electrons. The largest absolute Gasteiger partial charge is 0.316 e. The van der Waals surface area contributed by atoms with Crippen LogP contribution in [0.1, 0.15) is 28.3 Å². The van der Waals surface area contributed by atoms with Crippen molar-refractivity contribution >= 4 is 11.6 Å². The summed E-state index contributed by atoms with van der Waals surface area (Å²) in [5.41, 5.74) is 3.86. The highest BCUT2D eigenvalue weighted by Gasteiger charge is 2.10. The molecule has 0 aliphatic rings. The Labute approximate surface area is 123 Å². The number of nitrogens with zero attached hydrogens (tertiary/aromatic N) is 2. The predicted octanol–water partition coefficient (Wildman–Crippen LogP) is 3.20. The van der Waals surface area contributed by atoms with Gasteiger partial charge in [-0.05, 0) is 38.6 Å². The predicted molar refractivity (Wildman–Crippen MR) is 78.5 cm³/mol. The van der Waals surface area contributed by atoms with E-state index in [2.05, 4.69) is 15.3 Å². The van der Waals surface area contributed by atoms with Crippen molar-refractivity contribution in [2.45, 2.75) is 26.8 Å². The topological polar surface area (TPSA) is 37.8 Å². The first-order chi connectivity index (χ1) is 9.51. The lowest BCUT2D eigenvalue weighted by Crippen LogP contribution is -2.12. The van der Waals surface area contributed by atoms with Crippen LogP contribution in [0.3, 0.4) is 0 Å². The van der Waals surface area contributed by atoms with Gasteiger partial charge >= 0.3 is 0 Å². The lowest BCUT2D eigenvalue weighted by molar-refractivity contribution is 0.627. The first-order valence-corrected chi connectivity index (χ1v) is 6.80. The van der Waals surface area contributed by atoms with Crippen molar-refractivity contribution in [3.8, 4) is 0 Å². The van der Waals surface area contributed by atoms with Crippen LogP contribution in [0.25, 0.3) is 0 Å². The molecular formula is C15H17ClFN3. The lowest BCUT2D eigenvalue weighted by atomic mass is 10.1. The molecule has 1 aromatic carbocycles. The highest BCUT2D eigenvalue weighted by atomic mass is 35.5. The van der Waals surface area contributed by atoms with E-state index >= 15 is 0 Å². The summed E-state index contributed by atoms with van der Waals surface area (Å²) in [5, 5.41) is 3.51. The minimum absolute atomic E-state index is 0.337. The molecule has 2 aromatic rings. The summed E-state index contributed by atoms with van der Waals surface area (Å²) in [6.07, 6.45) is 0.501. The highest BCUT2D eigenvalue weighted by Crippen LogP contribution is 2.20. The molecule has 3 nitrogen and oxygen atoms in total. The number of hydrogen-bond donors (Lipinski definition) is 1. The van der Waals surface area contributed by atoms with E-state index in [9.17, 15) is 4.39 Å². The van der Waals surface area contributed by atoms with Crippen LogP contribution in [0, 0.1) is 19.7 Å². The van der Waals surface area contributed by atoms with Gasteiger partial charge in [-0.15, -0.1) is 0 Å². The normalized spacial score (nSPS) is 10.8. The number of nitrogens with one attached hydrogen (secondary N) is 1. The second kappa shape index (κ2) is 6.29. The zero-order chi connectivity index (χ0) is 14.7. The van der Waals surface area contributed by atoms with Crippen LogP contribution in [-0.2, 0) is 13.0 Å². The molecule has 0 atom stereocenters. The van der Waals surface area contributed by atoms with E-state index in [0.29, 0.717) is 17.3 Å². The summed E-state index contributed by atoms with van der Waals surface area (Å²) in [4.78, 5) is 9.02. The van der Waals surface area contributed by atoms with E-state index in [4.69, 9.17) is 11.6 Å². The molecule has 0 radical (unpaired) electrons. The summed E-state index contributed by atoms with van der Waals surface area (Å²) in [5.74, 6) is 0.366. The molecule has 5 heteroatoms. The molecular weight excluding hydrogens is 277 g/mol. The Kier molecular flexibility index (Phi) is 4.68. The average molecular weight is 294 g/mol. The zero-order valence-corrected chi connectivity index (χ0v) is 12.6. The van der Waals surface area contributed by atoms with Crippen molar-refractivity contribution < 1.29 is 4.39 Å². The molecule has 2 rings (SSSR count). The van der Waals surface area contributed by atoms with E-state index in [1.165, 1.54) is 12.1 Å². The molecule has 20 heavy (non-hydrogen) atoms. The summed E-state index contributed by atoms with van der Waals surface area (Å²) < 4.78 is 13.0. The monoisotopic (exact) mass is 293 g/mol. The minimum Gasteiger partial charge on any atom is -0.316 e. The van der Waals surface area contributed by atoms with E-state index in [1.807, 2.05) is 20.9 Å². The maximum atomic E-state index is 13.0. The van der Waals surface area contributed by atoms with Crippen molar-refractivity contribution in [3.05, 3.63) is 57.4 Å². The van der Waals surface area contributed by atoms with Crippen LogP contribution >= 0.6 is 11.6 Å². The third kappa shape index (κ3) is 3.32. The Bertz CT molecular complexity index is 606. The van der Waals surface area contributed by atoms with E-state index in [1.54, 1.807) is 6.07 Å². The van der Waals surface area contributed by atoms with Crippen LogP contribution in [0.4, 0.5) is 4.39 Å². The van der Waals surface area contributed by atoms with Crippen LogP contribution < -0.4 is 5.32 Å². The van der Waals surface area contributed by atoms with Gasteiger partial charge < -0.3 is 5.32 Å². The number of aryl methyl sites for hydroxylation is 2. The third-order valence-electron chi connectivity index (χ3n) is 3.18. The number of benzene rings is 1. The van der Waals surface area contributed by atoms with E-state index < -0.39 is 0 Å². The van der Waals surface area contributed by atoms with Gasteiger partial charge in [0.05, 0.1) is 0 Å². The van der Waals surface area contributed by atoms with E-state index in [0.717, 1.165) is 29.1 Å². The molecule has 0 unspecified atom stereocenters. The van der Waals surface area contributed by atoms with Gasteiger partial charge in [-0.25, -0.2) is 14.4 Å². The van der Waals surface area contributed by atoms with Crippen LogP contribution in [0.15, 0.2) is 18.2 Å². The molecule has 0 saturated heterocycles. The summed E-state index contributed by atoms with van der Waals surface area (Å²) in [6.45, 7) is 4.68. The average Bonchev–Trinajstić information content (AvgIpc) is 2.37. The van der Waals surface area contributed by atoms with Gasteiger partial charge in [-0.1, -0.05) is 17.7 Å². The second-order valence-electron chi connectivity index (χ2n) is 4.73. The van der Waals surface area contributed by atoms with Crippen molar-refractivity contribution in [1.82, 2.24) is 15.3 Å². The molecule has 0 spiro atoms. The van der Waals surface area contributed by atoms with Crippen LogP contribution in [0.5, 0.6) is 0 Å². The fourth-order valence-corrected chi connectivity index (χ4v) is 2.39. The molecule has 0 aliphatic carbocycles. The first kappa shape index (κ1) is 14.9. The minimum atomic E-state index is -0.337. The standard InChI is InChI=1S/C15H17ClFN3/c1-9-13(8-18-3)10(2)20-15(19-9)6-11-4-5-12(17)7-14(11)16/h4-5,7,18H,6,8H2,1-3H3. The van der Waals surface area contributed by atoms with Gasteiger partial charge in [0.15, 0.2) is 0 Å². The summed E-state index contributed by atoms with van der Waals surface area (Å²) in [6, 6.07) is 4.38. The molecule has 1 heterocycles. The lowest BCUT2D eigenvalue weighted by Gasteiger charge is -2.11. The van der Waals surface area contributed by atoms with Gasteiger partial charge in [-0.2, -0.15) is 0 Å². The van der Waals surface area contributed by atoms with E-state index in [-0.39, 0.29) is 5.82 Å². The van der Waals surface area contributed by atoms with Gasteiger partial charge in [0.25, 0.3) is 0 Å². The Morgan fingerprint density at radius 3 is 2.40 bits per heavy atom. The molecule has 0 saturated carbocycles. The number of aromatic nitrogens is 2. The van der Waals surface area contributed by atoms with Crippen molar-refractivity contribution in [2.24, 2.45) is 0 Å². The van der Waals surface area contributed by atoms with Crippen LogP contribution in [-0.4, -0.2) is 17.0 Å². The molecule has 1 N–H and O–H groups in total. The number of rotatable bonds is 4. The maximum absolute atomic E-state index is 13.0. The Hall–Kier alpha value is -1.52. The van der Waals surface area contributed by atoms with Gasteiger partial charge in [0, 0.05) is 34.9 Å². The summed E-state index contributed by atoms with van der Waals surface area (Å²) >= 11 is 6.03. The third-order valence-corrected chi connectivity index (χ3v) is 3.54. The Balaban J connectivity index is 2.30. The van der Waals surface area contributed by atoms with Gasteiger partial charge in [0.1, 0.15) is 11.6 Å². The summed E-state index contributed by atoms with van der Waals surface area (Å²) in [7, 11) is 1.89. The number of hydrogen-bond acceptors (Lipinski definition) is 3. The van der Waals surface area contributed by atoms with Gasteiger partial charge in [0.2, 0.25) is 0 Å². The second-order valence-corrected chi connectivity index (χ2v) is 5.14. The smallest absolute Gasteiger partial charge is 0.133 e. The van der Waals surface area contributed by atoms with Crippen LogP contribution in [0.2, 0.25) is 5.02 Å². The number of halogens is 2. The quantitative estimate of drug-likeness (QED) is 0.941. The fraction of sp³-hybridized carbons (Fsp3) is 0.333. The van der Waals surface area contributed by atoms with Crippen molar-refractivity contribution in [2.75, 3.05) is 7.05 Å². The first-order valence-electron chi connectivity index (χ1n) is 6.42. The van der Waals surface area contributed by atoms with Crippen molar-refractivity contribution in [1.29, 1.82) is 0 Å². The Morgan fingerprint density at radius 1 is 1.20 bits per heavy atom. The highest BCUT2D eigenvalue weighted by molar-refractivity contribution is 6.31. The van der Waals surface area contributed by atoms with Crippen molar-refractivity contribution in [3.63, 3.8) is 0 Å². The van der Waals surface area contributed by atoms with Gasteiger partial charge in [-0.3, -0.25) is 0 Å². The molecule has 0 bridgehead atoms. The fourth-order valence-electron chi connectivity index (χ4n) is 2.16. The Morgan fingerprint density at radius 2 is 1.85 bits per heavy atom. The molecule has 0 aliphatic heterocycles. The maximum Gasteiger partial charge on any atom is 0.133 e. The SMILES string of the molecule is CNCc1c(C)nc(Cc2ccc(F)cc2Cl)nc1C. The molecule has 0 amide bonds. The molecule has 0 fully saturated rings. The molecule has 1 aromatic heterocycles. The zero-order valence-electron chi connectivity index (χ0n) is 11.8.